The van der Waals surface area contributed by atoms with Gasteiger partial charge in [0.05, 0.1) is 30.3 Å². The van der Waals surface area contributed by atoms with E-state index in [4.69, 9.17) is 9.47 Å². The van der Waals surface area contributed by atoms with E-state index in [9.17, 15) is 8.42 Å². The summed E-state index contributed by atoms with van der Waals surface area (Å²) in [5, 5.41) is 0. The predicted octanol–water partition coefficient (Wildman–Crippen LogP) is 5.57. The average Bonchev–Trinajstić information content (AvgIpc) is 3.80. The molecule has 0 spiro atoms. The zero-order chi connectivity index (χ0) is 24.8. The minimum absolute atomic E-state index is 0.158. The molecule has 0 saturated carbocycles. The van der Waals surface area contributed by atoms with Gasteiger partial charge in [-0.15, -0.1) is 0 Å². The van der Waals surface area contributed by atoms with Crippen molar-refractivity contribution in [2.75, 3.05) is 17.5 Å². The first-order valence-corrected chi connectivity index (χ1v) is 13.2. The quantitative estimate of drug-likeness (QED) is 0.335. The van der Waals surface area contributed by atoms with Gasteiger partial charge < -0.3 is 14.2 Å². The smallest absolute Gasteiger partial charge is 0.264 e. The summed E-state index contributed by atoms with van der Waals surface area (Å²) in [6.07, 6.45) is 0. The molecule has 1 saturated heterocycles. The molecule has 4 aromatic rings. The molecule has 0 unspecified atom stereocenters. The van der Waals surface area contributed by atoms with Crippen molar-refractivity contribution in [1.82, 2.24) is 0 Å². The largest absolute Gasteiger partial charge is 0.485 e. The highest BCUT2D eigenvalue weighted by Crippen LogP contribution is 2.42. The van der Waals surface area contributed by atoms with Crippen LogP contribution in [0.15, 0.2) is 108 Å². The lowest BCUT2D eigenvalue weighted by atomic mass is 10.1. The van der Waals surface area contributed by atoms with Gasteiger partial charge in [0.2, 0.25) is 0 Å². The average molecular weight is 502 g/mol. The number of para-hydroxylation sites is 1. The summed E-state index contributed by atoms with van der Waals surface area (Å²) in [5.74, 6) is 0.923. The van der Waals surface area contributed by atoms with Crippen molar-refractivity contribution in [2.45, 2.75) is 24.7 Å². The number of hydrogen-bond acceptors (Lipinski definition) is 5. The maximum absolute atomic E-state index is 13.8. The first-order chi connectivity index (χ1) is 17.6. The van der Waals surface area contributed by atoms with Crippen LogP contribution in [-0.2, 0) is 34.5 Å². The van der Waals surface area contributed by atoms with Crippen LogP contribution in [0.5, 0.6) is 11.5 Å². The molecule has 6 nitrogen and oxygen atoms in total. The van der Waals surface area contributed by atoms with Crippen LogP contribution >= 0.6 is 0 Å². The molecular formula is C29H27NO5S. The number of benzene rings is 4. The number of sulfonamides is 1. The van der Waals surface area contributed by atoms with Crippen LogP contribution in [-0.4, -0.2) is 21.6 Å². The van der Waals surface area contributed by atoms with Gasteiger partial charge in [-0.05, 0) is 47.0 Å². The lowest BCUT2D eigenvalue weighted by molar-refractivity contribution is 0.262. The number of anilines is 1. The van der Waals surface area contributed by atoms with E-state index in [1.165, 1.54) is 4.31 Å². The predicted molar refractivity (Wildman–Crippen MR) is 139 cm³/mol. The lowest BCUT2D eigenvalue weighted by Crippen LogP contribution is -2.31. The number of rotatable bonds is 5. The number of ether oxygens (including phenoxy) is 3. The SMILES string of the molecule is C1CO1.O=S(=O)(c1ccccc1)N(Cc1ccccc1)c1cccc2c1OCc1cccc(c1)CO2. The summed E-state index contributed by atoms with van der Waals surface area (Å²) in [6, 6.07) is 31.3. The third kappa shape index (κ3) is 5.70. The maximum Gasteiger partial charge on any atom is 0.264 e. The molecule has 2 aliphatic heterocycles. The topological polar surface area (TPSA) is 68.4 Å². The van der Waals surface area contributed by atoms with Crippen molar-refractivity contribution in [3.05, 3.63) is 120 Å². The van der Waals surface area contributed by atoms with Gasteiger partial charge in [0.15, 0.2) is 11.5 Å². The molecule has 7 heteroatoms. The van der Waals surface area contributed by atoms with Gasteiger partial charge in [-0.25, -0.2) is 8.42 Å². The Balaban J connectivity index is 0.000000828. The van der Waals surface area contributed by atoms with Crippen LogP contribution in [0, 0.1) is 0 Å². The molecule has 2 aliphatic rings. The summed E-state index contributed by atoms with van der Waals surface area (Å²) in [6.45, 7) is 2.84. The molecule has 0 atom stereocenters. The number of fused-ring (bicyclic) bond motifs is 3. The van der Waals surface area contributed by atoms with Gasteiger partial charge in [0.1, 0.15) is 13.2 Å². The van der Waals surface area contributed by atoms with Crippen LogP contribution in [0.25, 0.3) is 0 Å². The van der Waals surface area contributed by atoms with Gasteiger partial charge in [0.25, 0.3) is 10.0 Å². The second-order valence-corrected chi connectivity index (χ2v) is 10.3. The summed E-state index contributed by atoms with van der Waals surface area (Å²) in [4.78, 5) is 0.217. The Morgan fingerprint density at radius 3 is 1.97 bits per heavy atom. The molecule has 184 valence electrons. The second-order valence-electron chi connectivity index (χ2n) is 8.42. The zero-order valence-corrected chi connectivity index (χ0v) is 20.6. The molecule has 0 amide bonds. The van der Waals surface area contributed by atoms with E-state index in [1.807, 2.05) is 60.7 Å². The van der Waals surface area contributed by atoms with Crippen molar-refractivity contribution in [3.8, 4) is 11.5 Å². The summed E-state index contributed by atoms with van der Waals surface area (Å²) < 4.78 is 45.8. The highest BCUT2D eigenvalue weighted by Gasteiger charge is 2.29. The minimum atomic E-state index is -3.88. The maximum atomic E-state index is 13.8. The van der Waals surface area contributed by atoms with E-state index in [0.29, 0.717) is 30.4 Å². The van der Waals surface area contributed by atoms with Crippen LogP contribution in [0.4, 0.5) is 5.69 Å². The molecule has 36 heavy (non-hydrogen) atoms. The van der Waals surface area contributed by atoms with Gasteiger partial charge >= 0.3 is 0 Å². The Morgan fingerprint density at radius 1 is 0.694 bits per heavy atom. The van der Waals surface area contributed by atoms with E-state index in [-0.39, 0.29) is 11.4 Å². The molecule has 2 heterocycles. The fourth-order valence-electron chi connectivity index (χ4n) is 3.85. The lowest BCUT2D eigenvalue weighted by Gasteiger charge is -2.27. The second kappa shape index (κ2) is 10.8. The third-order valence-electron chi connectivity index (χ3n) is 5.70. The standard InChI is InChI=1S/C27H23NO4S.C2H4O/c29-33(30,24-13-5-2-6-14-24)28(18-21-9-3-1-4-10-21)25-15-8-16-26-27(25)32-20-23-12-7-11-22(17-23)19-31-26;1-2-3-1/h1-17H,18-20H2;1-2H2. The Morgan fingerprint density at radius 2 is 1.31 bits per heavy atom. The Bertz CT molecular complexity index is 1400. The summed E-state index contributed by atoms with van der Waals surface area (Å²) >= 11 is 0. The Labute approximate surface area is 211 Å². The summed E-state index contributed by atoms with van der Waals surface area (Å²) in [7, 11) is -3.88. The van der Waals surface area contributed by atoms with E-state index in [2.05, 4.69) is 4.74 Å². The number of nitrogens with zero attached hydrogens (tertiary/aromatic N) is 1. The molecule has 1 fully saturated rings. The van der Waals surface area contributed by atoms with Crippen LogP contribution in [0.1, 0.15) is 16.7 Å². The van der Waals surface area contributed by atoms with Crippen molar-refractivity contribution in [3.63, 3.8) is 0 Å². The molecule has 0 aromatic heterocycles. The molecular weight excluding hydrogens is 474 g/mol. The number of hydrogen-bond donors (Lipinski definition) is 0. The van der Waals surface area contributed by atoms with Crippen molar-refractivity contribution >= 4 is 15.7 Å². The molecule has 6 rings (SSSR count). The third-order valence-corrected chi connectivity index (χ3v) is 7.47. The van der Waals surface area contributed by atoms with Crippen LogP contribution in [0.2, 0.25) is 0 Å². The Hall–Kier alpha value is -3.81. The van der Waals surface area contributed by atoms with Crippen molar-refractivity contribution in [2.24, 2.45) is 0 Å². The van der Waals surface area contributed by atoms with E-state index >= 15 is 0 Å². The van der Waals surface area contributed by atoms with E-state index < -0.39 is 10.0 Å². The first-order valence-electron chi connectivity index (χ1n) is 11.8. The molecule has 0 N–H and O–H groups in total. The monoisotopic (exact) mass is 501 g/mol. The van der Waals surface area contributed by atoms with Crippen molar-refractivity contribution in [1.29, 1.82) is 0 Å². The molecule has 4 aromatic carbocycles. The normalized spacial score (nSPS) is 13.8. The zero-order valence-electron chi connectivity index (χ0n) is 19.7. The molecule has 0 radical (unpaired) electrons. The highest BCUT2D eigenvalue weighted by atomic mass is 32.2. The Kier molecular flexibility index (Phi) is 7.21. The number of epoxide rings is 1. The van der Waals surface area contributed by atoms with E-state index in [1.54, 1.807) is 42.5 Å². The van der Waals surface area contributed by atoms with Gasteiger partial charge in [-0.3, -0.25) is 4.31 Å². The first kappa shape index (κ1) is 23.9. The molecule has 2 bridgehead atoms. The minimum Gasteiger partial charge on any atom is -0.485 e. The van der Waals surface area contributed by atoms with Gasteiger partial charge in [-0.1, -0.05) is 72.8 Å². The van der Waals surface area contributed by atoms with Crippen LogP contribution < -0.4 is 13.8 Å². The van der Waals surface area contributed by atoms with Gasteiger partial charge in [-0.2, -0.15) is 0 Å². The van der Waals surface area contributed by atoms with Gasteiger partial charge in [0, 0.05) is 0 Å². The van der Waals surface area contributed by atoms with Crippen LogP contribution in [0.3, 0.4) is 0 Å². The summed E-state index contributed by atoms with van der Waals surface area (Å²) in [5.41, 5.74) is 3.34. The molecule has 0 aliphatic carbocycles. The van der Waals surface area contributed by atoms with E-state index in [0.717, 1.165) is 29.9 Å². The van der Waals surface area contributed by atoms with Crippen molar-refractivity contribution < 1.29 is 22.6 Å². The fraction of sp³-hybridized carbons (Fsp3) is 0.172. The fourth-order valence-corrected chi connectivity index (χ4v) is 5.33. The highest BCUT2D eigenvalue weighted by molar-refractivity contribution is 7.92.